The first-order valence-corrected chi connectivity index (χ1v) is 13.2. The van der Waals surface area contributed by atoms with Gasteiger partial charge in [-0.05, 0) is 62.9 Å². The molecule has 0 saturated heterocycles. The zero-order valence-electron chi connectivity index (χ0n) is 19.4. The average Bonchev–Trinajstić information content (AvgIpc) is 2.74. The standard InChI is InChI=1S/C23H32N2O5S2/c1-7-29-20-11-9-17(13-21(20)30-8-2)16(5)25-32(27,28)18-10-12-22(31-6)19(14-18)24-23(26)15(3)4/h9-16,25H,7-8H2,1-6H3,(H,24,26)/t16-/m1/s1. The van der Waals surface area contributed by atoms with Crippen LogP contribution in [0.1, 0.15) is 46.2 Å². The third-order valence-electron chi connectivity index (χ3n) is 4.66. The third-order valence-corrected chi connectivity index (χ3v) is 7.00. The van der Waals surface area contributed by atoms with Crippen LogP contribution in [0.2, 0.25) is 0 Å². The van der Waals surface area contributed by atoms with Crippen LogP contribution in [0, 0.1) is 5.92 Å². The van der Waals surface area contributed by atoms with Gasteiger partial charge in [0.2, 0.25) is 15.9 Å². The summed E-state index contributed by atoms with van der Waals surface area (Å²) in [6.07, 6.45) is 1.87. The molecule has 7 nitrogen and oxygen atoms in total. The van der Waals surface area contributed by atoms with E-state index < -0.39 is 16.1 Å². The lowest BCUT2D eigenvalue weighted by Crippen LogP contribution is -2.27. The Morgan fingerprint density at radius 3 is 2.25 bits per heavy atom. The van der Waals surface area contributed by atoms with Crippen molar-refractivity contribution in [3.63, 3.8) is 0 Å². The summed E-state index contributed by atoms with van der Waals surface area (Å²) < 4.78 is 40.1. The summed E-state index contributed by atoms with van der Waals surface area (Å²) >= 11 is 1.43. The van der Waals surface area contributed by atoms with Crippen LogP contribution in [0.15, 0.2) is 46.2 Å². The molecule has 1 amide bonds. The second-order valence-corrected chi connectivity index (χ2v) is 9.98. The summed E-state index contributed by atoms with van der Waals surface area (Å²) in [5.74, 6) is 0.795. The minimum Gasteiger partial charge on any atom is -0.490 e. The molecule has 0 saturated carbocycles. The van der Waals surface area contributed by atoms with Crippen LogP contribution in [-0.2, 0) is 14.8 Å². The van der Waals surface area contributed by atoms with Crippen molar-refractivity contribution in [1.82, 2.24) is 4.72 Å². The van der Waals surface area contributed by atoms with Crippen LogP contribution in [0.3, 0.4) is 0 Å². The highest BCUT2D eigenvalue weighted by Crippen LogP contribution is 2.32. The van der Waals surface area contributed by atoms with Crippen molar-refractivity contribution in [2.75, 3.05) is 24.8 Å². The van der Waals surface area contributed by atoms with Gasteiger partial charge < -0.3 is 14.8 Å². The van der Waals surface area contributed by atoms with Gasteiger partial charge in [-0.15, -0.1) is 11.8 Å². The van der Waals surface area contributed by atoms with Crippen molar-refractivity contribution in [3.05, 3.63) is 42.0 Å². The van der Waals surface area contributed by atoms with E-state index in [9.17, 15) is 13.2 Å². The van der Waals surface area contributed by atoms with E-state index in [0.717, 1.165) is 10.5 Å². The molecular formula is C23H32N2O5S2. The first kappa shape index (κ1) is 26.0. The maximum absolute atomic E-state index is 13.1. The predicted octanol–water partition coefficient (Wildman–Crippen LogP) is 4.84. The number of anilines is 1. The van der Waals surface area contributed by atoms with Gasteiger partial charge in [0.05, 0.1) is 23.8 Å². The number of nitrogens with one attached hydrogen (secondary N) is 2. The molecule has 32 heavy (non-hydrogen) atoms. The SMILES string of the molecule is CCOc1ccc([C@@H](C)NS(=O)(=O)c2ccc(SC)c(NC(=O)C(C)C)c2)cc1OCC. The monoisotopic (exact) mass is 480 g/mol. The maximum atomic E-state index is 13.1. The van der Waals surface area contributed by atoms with E-state index in [1.807, 2.05) is 26.2 Å². The normalized spacial score (nSPS) is 12.5. The third kappa shape index (κ3) is 6.63. The smallest absolute Gasteiger partial charge is 0.241 e. The summed E-state index contributed by atoms with van der Waals surface area (Å²) in [7, 11) is -3.84. The lowest BCUT2D eigenvalue weighted by atomic mass is 10.1. The Labute approximate surface area is 195 Å². The molecule has 0 radical (unpaired) electrons. The number of benzene rings is 2. The molecule has 0 heterocycles. The summed E-state index contributed by atoms with van der Waals surface area (Å²) in [4.78, 5) is 13.0. The number of rotatable bonds is 11. The first-order chi connectivity index (χ1) is 15.1. The number of hydrogen-bond acceptors (Lipinski definition) is 6. The van der Waals surface area contributed by atoms with Crippen molar-refractivity contribution >= 4 is 33.4 Å². The van der Waals surface area contributed by atoms with Crippen molar-refractivity contribution in [2.24, 2.45) is 5.92 Å². The Morgan fingerprint density at radius 1 is 1.00 bits per heavy atom. The highest BCUT2D eigenvalue weighted by Gasteiger charge is 2.21. The van der Waals surface area contributed by atoms with E-state index in [2.05, 4.69) is 10.0 Å². The number of amides is 1. The fourth-order valence-electron chi connectivity index (χ4n) is 2.93. The van der Waals surface area contributed by atoms with Gasteiger partial charge in [-0.25, -0.2) is 13.1 Å². The summed E-state index contributed by atoms with van der Waals surface area (Å²) in [5.41, 5.74) is 1.22. The molecule has 1 atom stereocenters. The highest BCUT2D eigenvalue weighted by atomic mass is 32.2. The van der Waals surface area contributed by atoms with Crippen molar-refractivity contribution in [3.8, 4) is 11.5 Å². The Hall–Kier alpha value is -2.23. The Kier molecular flexibility index (Phi) is 9.42. The van der Waals surface area contributed by atoms with Gasteiger partial charge >= 0.3 is 0 Å². The second-order valence-electron chi connectivity index (χ2n) is 7.42. The van der Waals surface area contributed by atoms with Gasteiger partial charge in [-0.1, -0.05) is 19.9 Å². The molecule has 0 bridgehead atoms. The molecule has 2 N–H and O–H groups in total. The van der Waals surface area contributed by atoms with Gasteiger partial charge in [-0.3, -0.25) is 4.79 Å². The average molecular weight is 481 g/mol. The van der Waals surface area contributed by atoms with E-state index in [4.69, 9.17) is 9.47 Å². The van der Waals surface area contributed by atoms with Gasteiger partial charge in [0, 0.05) is 16.9 Å². The number of thioether (sulfide) groups is 1. The fourth-order valence-corrected chi connectivity index (χ4v) is 4.73. The van der Waals surface area contributed by atoms with Crippen LogP contribution in [-0.4, -0.2) is 33.8 Å². The first-order valence-electron chi connectivity index (χ1n) is 10.5. The molecule has 2 rings (SSSR count). The Morgan fingerprint density at radius 2 is 1.66 bits per heavy atom. The molecule has 0 aliphatic heterocycles. The molecule has 176 valence electrons. The molecule has 0 aliphatic carbocycles. The summed E-state index contributed by atoms with van der Waals surface area (Å²) in [6.45, 7) is 10.1. The summed E-state index contributed by atoms with van der Waals surface area (Å²) in [5, 5.41) is 2.82. The zero-order chi connectivity index (χ0) is 23.9. The number of carbonyl (C=O) groups is 1. The van der Waals surface area contributed by atoms with Crippen molar-refractivity contribution in [1.29, 1.82) is 0 Å². The highest BCUT2D eigenvalue weighted by molar-refractivity contribution is 7.98. The lowest BCUT2D eigenvalue weighted by Gasteiger charge is -2.18. The minimum absolute atomic E-state index is 0.0807. The zero-order valence-corrected chi connectivity index (χ0v) is 21.0. The largest absolute Gasteiger partial charge is 0.490 e. The molecule has 2 aromatic rings. The van der Waals surface area contributed by atoms with E-state index >= 15 is 0 Å². The van der Waals surface area contributed by atoms with Gasteiger partial charge in [0.1, 0.15) is 0 Å². The topological polar surface area (TPSA) is 93.7 Å². The van der Waals surface area contributed by atoms with E-state index in [1.54, 1.807) is 39.0 Å². The number of sulfonamides is 1. The molecule has 0 aliphatic rings. The molecule has 0 spiro atoms. The summed E-state index contributed by atoms with van der Waals surface area (Å²) in [6, 6.07) is 9.59. The van der Waals surface area contributed by atoms with Crippen LogP contribution in [0.4, 0.5) is 5.69 Å². The van der Waals surface area contributed by atoms with Crippen LogP contribution in [0.5, 0.6) is 11.5 Å². The van der Waals surface area contributed by atoms with E-state index in [0.29, 0.717) is 30.4 Å². The van der Waals surface area contributed by atoms with Crippen LogP contribution < -0.4 is 19.5 Å². The molecule has 0 aromatic heterocycles. The molecule has 9 heteroatoms. The Bertz CT molecular complexity index is 1040. The number of ether oxygens (including phenoxy) is 2. The van der Waals surface area contributed by atoms with Crippen molar-refractivity contribution < 1.29 is 22.7 Å². The van der Waals surface area contributed by atoms with Gasteiger partial charge in [0.15, 0.2) is 11.5 Å². The Balaban J connectivity index is 2.30. The van der Waals surface area contributed by atoms with Gasteiger partial charge in [0.25, 0.3) is 0 Å². The van der Waals surface area contributed by atoms with E-state index in [1.165, 1.54) is 23.9 Å². The maximum Gasteiger partial charge on any atom is 0.241 e. The molecule has 0 unspecified atom stereocenters. The van der Waals surface area contributed by atoms with Crippen LogP contribution in [0.25, 0.3) is 0 Å². The van der Waals surface area contributed by atoms with Gasteiger partial charge in [-0.2, -0.15) is 0 Å². The second kappa shape index (κ2) is 11.6. The molecular weight excluding hydrogens is 448 g/mol. The number of hydrogen-bond donors (Lipinski definition) is 2. The molecule has 2 aromatic carbocycles. The quantitative estimate of drug-likeness (QED) is 0.447. The lowest BCUT2D eigenvalue weighted by molar-refractivity contribution is -0.118. The minimum atomic E-state index is -3.84. The predicted molar refractivity (Wildman–Crippen MR) is 129 cm³/mol. The fraction of sp³-hybridized carbons (Fsp3) is 0.435. The van der Waals surface area contributed by atoms with Crippen LogP contribution >= 0.6 is 11.8 Å². The van der Waals surface area contributed by atoms with E-state index in [-0.39, 0.29) is 16.7 Å². The van der Waals surface area contributed by atoms with Crippen molar-refractivity contribution in [2.45, 2.75) is 50.5 Å². The molecule has 0 fully saturated rings. The number of carbonyl (C=O) groups excluding carboxylic acids is 1.